The summed E-state index contributed by atoms with van der Waals surface area (Å²) in [5, 5.41) is 19.4. The van der Waals surface area contributed by atoms with E-state index in [1.165, 1.54) is 30.3 Å². The van der Waals surface area contributed by atoms with E-state index in [4.69, 9.17) is 9.84 Å². The standard InChI is InChI=1S/C13H21N5O3/c19-13(20)12-8-18(16-15-12)5-3-14-6-11-7-17-4-1-2-10(17)9-21-11/h8,10-11,14H,1-7,9H2,(H,19,20). The summed E-state index contributed by atoms with van der Waals surface area (Å²) >= 11 is 0. The zero-order valence-electron chi connectivity index (χ0n) is 11.9. The van der Waals surface area contributed by atoms with Gasteiger partial charge in [-0.15, -0.1) is 5.10 Å². The van der Waals surface area contributed by atoms with Crippen molar-refractivity contribution >= 4 is 5.97 Å². The largest absolute Gasteiger partial charge is 0.476 e. The van der Waals surface area contributed by atoms with Crippen LogP contribution in [0, 0.1) is 0 Å². The maximum absolute atomic E-state index is 10.7. The van der Waals surface area contributed by atoms with Crippen molar-refractivity contribution in [1.29, 1.82) is 0 Å². The molecule has 0 radical (unpaired) electrons. The molecule has 3 rings (SSSR count). The molecule has 2 unspecified atom stereocenters. The highest BCUT2D eigenvalue weighted by molar-refractivity contribution is 5.84. The molecule has 8 nitrogen and oxygen atoms in total. The van der Waals surface area contributed by atoms with E-state index in [9.17, 15) is 4.79 Å². The van der Waals surface area contributed by atoms with Crippen LogP contribution in [0.4, 0.5) is 0 Å². The van der Waals surface area contributed by atoms with Gasteiger partial charge in [-0.3, -0.25) is 9.58 Å². The molecule has 8 heteroatoms. The van der Waals surface area contributed by atoms with E-state index < -0.39 is 5.97 Å². The Hall–Kier alpha value is -1.51. The lowest BCUT2D eigenvalue weighted by Gasteiger charge is -2.35. The first-order valence-electron chi connectivity index (χ1n) is 7.42. The highest BCUT2D eigenvalue weighted by Gasteiger charge is 2.31. The number of aromatic nitrogens is 3. The highest BCUT2D eigenvalue weighted by Crippen LogP contribution is 2.22. The quantitative estimate of drug-likeness (QED) is 0.679. The fraction of sp³-hybridized carbons (Fsp3) is 0.769. The van der Waals surface area contributed by atoms with Crippen molar-refractivity contribution in [3.05, 3.63) is 11.9 Å². The summed E-state index contributed by atoms with van der Waals surface area (Å²) in [6.07, 6.45) is 4.23. The fourth-order valence-electron chi connectivity index (χ4n) is 2.97. The number of fused-ring (bicyclic) bond motifs is 1. The molecule has 0 spiro atoms. The van der Waals surface area contributed by atoms with Gasteiger partial charge >= 0.3 is 5.97 Å². The van der Waals surface area contributed by atoms with Crippen LogP contribution in [0.5, 0.6) is 0 Å². The molecule has 2 N–H and O–H groups in total. The van der Waals surface area contributed by atoms with Crippen LogP contribution < -0.4 is 5.32 Å². The summed E-state index contributed by atoms with van der Waals surface area (Å²) in [5.74, 6) is -1.05. The molecule has 116 valence electrons. The van der Waals surface area contributed by atoms with Gasteiger partial charge < -0.3 is 15.2 Å². The smallest absolute Gasteiger partial charge is 0.358 e. The van der Waals surface area contributed by atoms with E-state index in [2.05, 4.69) is 20.5 Å². The summed E-state index contributed by atoms with van der Waals surface area (Å²) in [7, 11) is 0. The summed E-state index contributed by atoms with van der Waals surface area (Å²) in [6.45, 7) is 5.16. The van der Waals surface area contributed by atoms with E-state index in [0.717, 1.165) is 19.7 Å². The highest BCUT2D eigenvalue weighted by atomic mass is 16.5. The van der Waals surface area contributed by atoms with Gasteiger partial charge in [0, 0.05) is 25.7 Å². The zero-order chi connectivity index (χ0) is 14.7. The van der Waals surface area contributed by atoms with E-state index in [0.29, 0.717) is 19.1 Å². The molecule has 0 bridgehead atoms. The van der Waals surface area contributed by atoms with Crippen LogP contribution in [0.15, 0.2) is 6.20 Å². The predicted octanol–water partition coefficient (Wildman–Crippen LogP) is -0.571. The average Bonchev–Trinajstić information content (AvgIpc) is 3.12. The Labute approximate surface area is 123 Å². The second-order valence-corrected chi connectivity index (χ2v) is 5.62. The molecule has 2 atom stereocenters. The zero-order valence-corrected chi connectivity index (χ0v) is 11.9. The van der Waals surface area contributed by atoms with Crippen molar-refractivity contribution in [1.82, 2.24) is 25.2 Å². The van der Waals surface area contributed by atoms with Crippen LogP contribution in [-0.4, -0.2) is 75.9 Å². The molecular formula is C13H21N5O3. The molecule has 0 amide bonds. The van der Waals surface area contributed by atoms with Crippen molar-refractivity contribution in [2.75, 3.05) is 32.8 Å². The van der Waals surface area contributed by atoms with Crippen molar-refractivity contribution < 1.29 is 14.6 Å². The third kappa shape index (κ3) is 3.58. The second kappa shape index (κ2) is 6.50. The Morgan fingerprint density at radius 2 is 2.48 bits per heavy atom. The van der Waals surface area contributed by atoms with Gasteiger partial charge in [0.25, 0.3) is 0 Å². The van der Waals surface area contributed by atoms with Gasteiger partial charge in [0.2, 0.25) is 0 Å². The van der Waals surface area contributed by atoms with Crippen molar-refractivity contribution in [2.45, 2.75) is 31.5 Å². The SMILES string of the molecule is O=C(O)c1cn(CCNCC2CN3CCCC3CO2)nn1. The number of carboxylic acids is 1. The van der Waals surface area contributed by atoms with Gasteiger partial charge in [0.15, 0.2) is 5.69 Å². The van der Waals surface area contributed by atoms with E-state index >= 15 is 0 Å². The monoisotopic (exact) mass is 295 g/mol. The van der Waals surface area contributed by atoms with Crippen molar-refractivity contribution in [3.8, 4) is 0 Å². The molecular weight excluding hydrogens is 274 g/mol. The Morgan fingerprint density at radius 1 is 1.57 bits per heavy atom. The number of rotatable bonds is 6. The number of morpholine rings is 1. The minimum absolute atomic E-state index is 0.0225. The van der Waals surface area contributed by atoms with Crippen LogP contribution >= 0.6 is 0 Å². The molecule has 0 aliphatic carbocycles. The minimum Gasteiger partial charge on any atom is -0.476 e. The molecule has 21 heavy (non-hydrogen) atoms. The normalized spacial score (nSPS) is 25.9. The number of nitrogens with one attached hydrogen (secondary N) is 1. The lowest BCUT2D eigenvalue weighted by molar-refractivity contribution is -0.0469. The summed E-state index contributed by atoms with van der Waals surface area (Å²) in [4.78, 5) is 13.2. The van der Waals surface area contributed by atoms with Gasteiger partial charge in [-0.25, -0.2) is 4.79 Å². The third-order valence-corrected chi connectivity index (χ3v) is 4.11. The molecule has 2 aliphatic rings. The lowest BCUT2D eigenvalue weighted by Crippen LogP contribution is -2.49. The summed E-state index contributed by atoms with van der Waals surface area (Å²) in [5.41, 5.74) is -0.0225. The number of hydrogen-bond donors (Lipinski definition) is 2. The van der Waals surface area contributed by atoms with Crippen LogP contribution in [0.2, 0.25) is 0 Å². The summed E-state index contributed by atoms with van der Waals surface area (Å²) < 4.78 is 7.40. The molecule has 2 fully saturated rings. The van der Waals surface area contributed by atoms with Gasteiger partial charge in [0.05, 0.1) is 25.5 Å². The fourth-order valence-corrected chi connectivity index (χ4v) is 2.97. The average molecular weight is 295 g/mol. The Bertz CT molecular complexity index is 492. The molecule has 0 saturated carbocycles. The van der Waals surface area contributed by atoms with Crippen LogP contribution in [-0.2, 0) is 11.3 Å². The predicted molar refractivity (Wildman–Crippen MR) is 74.2 cm³/mol. The molecule has 2 aliphatic heterocycles. The summed E-state index contributed by atoms with van der Waals surface area (Å²) in [6, 6.07) is 0.630. The second-order valence-electron chi connectivity index (χ2n) is 5.62. The first kappa shape index (κ1) is 14.4. The first-order chi connectivity index (χ1) is 10.2. The van der Waals surface area contributed by atoms with Gasteiger partial charge in [-0.05, 0) is 19.4 Å². The van der Waals surface area contributed by atoms with E-state index in [-0.39, 0.29) is 11.8 Å². The number of nitrogens with zero attached hydrogens (tertiary/aromatic N) is 4. The van der Waals surface area contributed by atoms with Gasteiger partial charge in [-0.1, -0.05) is 5.21 Å². The van der Waals surface area contributed by atoms with Crippen LogP contribution in [0.1, 0.15) is 23.3 Å². The molecule has 0 aromatic carbocycles. The molecule has 1 aromatic heterocycles. The Kier molecular flexibility index (Phi) is 4.47. The number of hydrogen-bond acceptors (Lipinski definition) is 6. The number of carbonyl (C=O) groups is 1. The number of ether oxygens (including phenoxy) is 1. The van der Waals surface area contributed by atoms with Gasteiger partial charge in [0.1, 0.15) is 0 Å². The van der Waals surface area contributed by atoms with E-state index in [1.54, 1.807) is 0 Å². The van der Waals surface area contributed by atoms with Crippen molar-refractivity contribution in [3.63, 3.8) is 0 Å². The molecule has 2 saturated heterocycles. The lowest BCUT2D eigenvalue weighted by atomic mass is 10.2. The maximum atomic E-state index is 10.7. The van der Waals surface area contributed by atoms with Crippen LogP contribution in [0.25, 0.3) is 0 Å². The Morgan fingerprint density at radius 3 is 3.29 bits per heavy atom. The topological polar surface area (TPSA) is 92.5 Å². The maximum Gasteiger partial charge on any atom is 0.358 e. The van der Waals surface area contributed by atoms with Crippen LogP contribution in [0.3, 0.4) is 0 Å². The molecule has 1 aromatic rings. The van der Waals surface area contributed by atoms with E-state index in [1.807, 2.05) is 0 Å². The number of aromatic carboxylic acids is 1. The number of carboxylic acid groups (broad SMARTS) is 1. The van der Waals surface area contributed by atoms with Crippen molar-refractivity contribution in [2.24, 2.45) is 0 Å². The molecule has 3 heterocycles. The third-order valence-electron chi connectivity index (χ3n) is 4.11. The Balaban J connectivity index is 1.35. The first-order valence-corrected chi connectivity index (χ1v) is 7.42. The van der Waals surface area contributed by atoms with Gasteiger partial charge in [-0.2, -0.15) is 0 Å². The minimum atomic E-state index is -1.05.